The number of hydrogen-bond acceptors (Lipinski definition) is 3. The highest BCUT2D eigenvalue weighted by Crippen LogP contribution is 2.24. The lowest BCUT2D eigenvalue weighted by atomic mass is 9.83. The summed E-state index contributed by atoms with van der Waals surface area (Å²) >= 11 is 0. The Labute approximate surface area is 97.9 Å². The van der Waals surface area contributed by atoms with Crippen molar-refractivity contribution in [3.05, 3.63) is 11.9 Å². The van der Waals surface area contributed by atoms with Crippen LogP contribution in [-0.4, -0.2) is 33.6 Å². The van der Waals surface area contributed by atoms with Gasteiger partial charge in [0, 0.05) is 13.2 Å². The van der Waals surface area contributed by atoms with Crippen molar-refractivity contribution in [3.8, 4) is 0 Å². The van der Waals surface area contributed by atoms with Gasteiger partial charge in [0.15, 0.2) is 0 Å². The number of rotatable bonds is 4. The minimum absolute atomic E-state index is 0.469. The summed E-state index contributed by atoms with van der Waals surface area (Å²) in [7, 11) is 2.36. The number of aromatic nitrogens is 2. The fourth-order valence-corrected chi connectivity index (χ4v) is 1.23. The van der Waals surface area contributed by atoms with E-state index in [4.69, 9.17) is 4.65 Å². The fraction of sp³-hybridized carbons (Fsp3) is 0.727. The third kappa shape index (κ3) is 2.86. The topological polar surface area (TPSA) is 47.3 Å². The van der Waals surface area contributed by atoms with Crippen LogP contribution in [0.4, 0.5) is 0 Å². The van der Waals surface area contributed by atoms with Crippen molar-refractivity contribution in [1.29, 1.82) is 0 Å². The molecule has 0 saturated heterocycles. The second-order valence-corrected chi connectivity index (χ2v) is 5.27. The van der Waals surface area contributed by atoms with Crippen molar-refractivity contribution in [2.24, 2.45) is 7.05 Å². The van der Waals surface area contributed by atoms with Gasteiger partial charge in [0.25, 0.3) is 0 Å². The van der Waals surface area contributed by atoms with E-state index in [2.05, 4.69) is 5.10 Å². The van der Waals surface area contributed by atoms with E-state index < -0.39 is 11.2 Å². The standard InChI is InChI=1S/C11H21BN2O2/c1-8-9(7-14(6)13-8)12-16-11(4,5)10(2,3)15/h7,12,15H,1-6H3. The summed E-state index contributed by atoms with van der Waals surface area (Å²) in [6, 6.07) is 0. The smallest absolute Gasteiger partial charge is 0.312 e. The normalized spacial score (nSPS) is 12.9. The van der Waals surface area contributed by atoms with Crippen LogP contribution < -0.4 is 5.46 Å². The number of hydrogen-bond donors (Lipinski definition) is 1. The minimum atomic E-state index is -0.872. The van der Waals surface area contributed by atoms with Gasteiger partial charge in [0.2, 0.25) is 0 Å². The first-order valence-corrected chi connectivity index (χ1v) is 5.49. The first-order chi connectivity index (χ1) is 7.13. The highest BCUT2D eigenvalue weighted by Gasteiger charge is 2.35. The lowest BCUT2D eigenvalue weighted by Crippen LogP contribution is -2.49. The van der Waals surface area contributed by atoms with E-state index in [1.807, 2.05) is 34.0 Å². The van der Waals surface area contributed by atoms with Crippen molar-refractivity contribution in [1.82, 2.24) is 9.78 Å². The average Bonchev–Trinajstić information content (AvgIpc) is 2.39. The fourth-order valence-electron chi connectivity index (χ4n) is 1.23. The molecule has 0 saturated carbocycles. The van der Waals surface area contributed by atoms with Crippen molar-refractivity contribution >= 4 is 12.9 Å². The SMILES string of the molecule is Cc1nn(C)cc1BOC(C)(C)C(C)(C)O. The van der Waals surface area contributed by atoms with E-state index in [9.17, 15) is 5.11 Å². The lowest BCUT2D eigenvalue weighted by Gasteiger charge is -2.37. The van der Waals surface area contributed by atoms with Crippen LogP contribution in [0, 0.1) is 6.92 Å². The zero-order valence-corrected chi connectivity index (χ0v) is 11.0. The molecule has 0 aliphatic rings. The summed E-state index contributed by atoms with van der Waals surface area (Å²) in [6.07, 6.45) is 1.94. The highest BCUT2D eigenvalue weighted by molar-refractivity contribution is 6.47. The molecule has 0 aliphatic carbocycles. The van der Waals surface area contributed by atoms with Crippen LogP contribution in [-0.2, 0) is 11.7 Å². The molecule has 0 aliphatic heterocycles. The van der Waals surface area contributed by atoms with Crippen LogP contribution in [0.15, 0.2) is 6.20 Å². The maximum atomic E-state index is 9.95. The van der Waals surface area contributed by atoms with E-state index in [0.29, 0.717) is 7.48 Å². The van der Waals surface area contributed by atoms with Gasteiger partial charge < -0.3 is 9.76 Å². The van der Waals surface area contributed by atoms with Gasteiger partial charge in [-0.3, -0.25) is 4.68 Å². The van der Waals surface area contributed by atoms with Gasteiger partial charge in [0.1, 0.15) is 0 Å². The van der Waals surface area contributed by atoms with Gasteiger partial charge >= 0.3 is 7.48 Å². The molecule has 16 heavy (non-hydrogen) atoms. The molecule has 1 rings (SSSR count). The van der Waals surface area contributed by atoms with Crippen LogP contribution in [0.25, 0.3) is 0 Å². The van der Waals surface area contributed by atoms with Gasteiger partial charge in [-0.1, -0.05) is 0 Å². The van der Waals surface area contributed by atoms with Crippen molar-refractivity contribution in [2.75, 3.05) is 0 Å². The largest absolute Gasteiger partial charge is 0.427 e. The Morgan fingerprint density at radius 1 is 1.38 bits per heavy atom. The molecule has 1 aromatic rings. The summed E-state index contributed by atoms with van der Waals surface area (Å²) in [6.45, 7) is 9.24. The summed E-state index contributed by atoms with van der Waals surface area (Å²) in [5.41, 5.74) is 0.562. The van der Waals surface area contributed by atoms with Crippen LogP contribution in [0.2, 0.25) is 0 Å². The van der Waals surface area contributed by atoms with Crippen LogP contribution in [0.1, 0.15) is 33.4 Å². The Bertz CT molecular complexity index is 367. The molecule has 0 unspecified atom stereocenters. The Morgan fingerprint density at radius 3 is 2.31 bits per heavy atom. The molecule has 1 aromatic heterocycles. The van der Waals surface area contributed by atoms with Crippen molar-refractivity contribution in [3.63, 3.8) is 0 Å². The number of aryl methyl sites for hydroxylation is 2. The molecule has 90 valence electrons. The molecule has 0 aromatic carbocycles. The molecule has 0 spiro atoms. The van der Waals surface area contributed by atoms with E-state index >= 15 is 0 Å². The molecular formula is C11H21BN2O2. The third-order valence-corrected chi connectivity index (χ3v) is 3.18. The average molecular weight is 224 g/mol. The highest BCUT2D eigenvalue weighted by atomic mass is 16.5. The quantitative estimate of drug-likeness (QED) is 0.747. The monoisotopic (exact) mass is 224 g/mol. The zero-order chi connectivity index (χ0) is 12.6. The predicted octanol–water partition coefficient (Wildman–Crippen LogP) is 0.271. The molecule has 1 heterocycles. The van der Waals surface area contributed by atoms with E-state index in [0.717, 1.165) is 11.2 Å². The Morgan fingerprint density at radius 2 is 1.94 bits per heavy atom. The Balaban J connectivity index is 2.68. The lowest BCUT2D eigenvalue weighted by molar-refractivity contribution is -0.0893. The van der Waals surface area contributed by atoms with Gasteiger partial charge in [0.05, 0.1) is 16.9 Å². The van der Waals surface area contributed by atoms with Gasteiger partial charge in [-0.25, -0.2) is 0 Å². The van der Waals surface area contributed by atoms with Gasteiger partial charge in [-0.05, 0) is 40.1 Å². The second kappa shape index (κ2) is 4.22. The Kier molecular flexibility index (Phi) is 3.50. The van der Waals surface area contributed by atoms with Crippen LogP contribution >= 0.6 is 0 Å². The van der Waals surface area contributed by atoms with E-state index in [-0.39, 0.29) is 0 Å². The molecule has 0 amide bonds. The molecule has 5 heteroatoms. The van der Waals surface area contributed by atoms with Crippen LogP contribution in [0.3, 0.4) is 0 Å². The summed E-state index contributed by atoms with van der Waals surface area (Å²) in [4.78, 5) is 0. The molecule has 0 fully saturated rings. The maximum Gasteiger partial charge on any atom is 0.312 e. The zero-order valence-electron chi connectivity index (χ0n) is 11.0. The molecule has 1 N–H and O–H groups in total. The molecular weight excluding hydrogens is 203 g/mol. The van der Waals surface area contributed by atoms with Gasteiger partial charge in [-0.2, -0.15) is 5.10 Å². The summed E-state index contributed by atoms with van der Waals surface area (Å²) in [5, 5.41) is 14.2. The first kappa shape index (κ1) is 13.3. The van der Waals surface area contributed by atoms with Crippen molar-refractivity contribution < 1.29 is 9.76 Å². The molecule has 0 bridgehead atoms. The summed E-state index contributed by atoms with van der Waals surface area (Å²) < 4.78 is 7.54. The third-order valence-electron chi connectivity index (χ3n) is 3.18. The minimum Gasteiger partial charge on any atom is -0.427 e. The van der Waals surface area contributed by atoms with Gasteiger partial charge in [-0.15, -0.1) is 0 Å². The maximum absolute atomic E-state index is 9.95. The number of aliphatic hydroxyl groups is 1. The number of nitrogens with zero attached hydrogens (tertiary/aromatic N) is 2. The second-order valence-electron chi connectivity index (χ2n) is 5.27. The van der Waals surface area contributed by atoms with E-state index in [1.165, 1.54) is 0 Å². The molecule has 0 atom stereocenters. The summed E-state index contributed by atoms with van der Waals surface area (Å²) in [5.74, 6) is 0. The van der Waals surface area contributed by atoms with Crippen LogP contribution in [0.5, 0.6) is 0 Å². The van der Waals surface area contributed by atoms with E-state index in [1.54, 1.807) is 18.5 Å². The first-order valence-electron chi connectivity index (χ1n) is 5.49. The molecule has 0 radical (unpaired) electrons. The Hall–Kier alpha value is -0.805. The predicted molar refractivity (Wildman–Crippen MR) is 66.2 cm³/mol. The van der Waals surface area contributed by atoms with Crippen molar-refractivity contribution in [2.45, 2.75) is 45.8 Å². The molecule has 4 nitrogen and oxygen atoms in total.